The molecule has 2 atom stereocenters. The number of ether oxygens (including phenoxy) is 1. The van der Waals surface area contributed by atoms with Gasteiger partial charge in [0.15, 0.2) is 0 Å². The van der Waals surface area contributed by atoms with E-state index in [0.717, 1.165) is 19.6 Å². The Morgan fingerprint density at radius 2 is 1.87 bits per heavy atom. The average Bonchev–Trinajstić information content (AvgIpc) is 2.44. The lowest BCUT2D eigenvalue weighted by atomic mass is 9.92. The molecule has 0 amide bonds. The number of hydrogen-bond acceptors (Lipinski definition) is 3. The van der Waals surface area contributed by atoms with E-state index in [1.54, 1.807) is 0 Å². The summed E-state index contributed by atoms with van der Waals surface area (Å²) >= 11 is 0. The van der Waals surface area contributed by atoms with Gasteiger partial charge in [-0.25, -0.2) is 0 Å². The zero-order valence-corrected chi connectivity index (χ0v) is 10.3. The van der Waals surface area contributed by atoms with Crippen molar-refractivity contribution in [3.05, 3.63) is 0 Å². The van der Waals surface area contributed by atoms with Gasteiger partial charge >= 0.3 is 0 Å². The molecule has 88 valence electrons. The van der Waals surface area contributed by atoms with Crippen LogP contribution >= 0.6 is 0 Å². The van der Waals surface area contributed by atoms with Crippen LogP contribution in [0, 0.1) is 5.41 Å². The van der Waals surface area contributed by atoms with E-state index in [0.29, 0.717) is 17.6 Å². The van der Waals surface area contributed by atoms with Crippen LogP contribution in [0.3, 0.4) is 0 Å². The third-order valence-corrected chi connectivity index (χ3v) is 3.43. The highest BCUT2D eigenvalue weighted by Crippen LogP contribution is 2.28. The molecular weight excluding hydrogens is 188 g/mol. The van der Waals surface area contributed by atoms with Crippen molar-refractivity contribution in [3.63, 3.8) is 0 Å². The number of likely N-dealkylation sites (tertiary alicyclic amines) is 1. The first-order valence-electron chi connectivity index (χ1n) is 6.11. The maximum atomic E-state index is 5.84. The van der Waals surface area contributed by atoms with Gasteiger partial charge in [-0.3, -0.25) is 4.90 Å². The summed E-state index contributed by atoms with van der Waals surface area (Å²) in [4.78, 5) is 2.59. The number of nitrogens with zero attached hydrogens (tertiary/aromatic N) is 1. The topological polar surface area (TPSA) is 24.5 Å². The Morgan fingerprint density at radius 1 is 1.27 bits per heavy atom. The molecule has 2 saturated heterocycles. The second-order valence-electron chi connectivity index (χ2n) is 5.85. The Balaban J connectivity index is 1.84. The first-order valence-corrected chi connectivity index (χ1v) is 6.11. The molecule has 0 radical (unpaired) electrons. The molecular formula is C12H24N2O. The van der Waals surface area contributed by atoms with Gasteiger partial charge in [0.1, 0.15) is 0 Å². The van der Waals surface area contributed by atoms with Gasteiger partial charge in [-0.1, -0.05) is 13.8 Å². The van der Waals surface area contributed by atoms with E-state index in [4.69, 9.17) is 4.74 Å². The molecule has 0 aromatic heterocycles. The average molecular weight is 212 g/mol. The zero-order chi connectivity index (χ0) is 10.9. The minimum Gasteiger partial charge on any atom is -0.372 e. The van der Waals surface area contributed by atoms with Crippen LogP contribution in [-0.2, 0) is 4.74 Å². The Morgan fingerprint density at radius 3 is 2.40 bits per heavy atom. The van der Waals surface area contributed by atoms with E-state index in [9.17, 15) is 0 Å². The summed E-state index contributed by atoms with van der Waals surface area (Å²) < 4.78 is 5.84. The van der Waals surface area contributed by atoms with Crippen LogP contribution in [0.15, 0.2) is 0 Å². The van der Waals surface area contributed by atoms with Crippen LogP contribution in [0.1, 0.15) is 26.7 Å². The number of fused-ring (bicyclic) bond motifs is 2. The van der Waals surface area contributed by atoms with E-state index in [1.165, 1.54) is 19.4 Å². The quantitative estimate of drug-likeness (QED) is 0.755. The van der Waals surface area contributed by atoms with Crippen molar-refractivity contribution in [1.29, 1.82) is 0 Å². The normalized spacial score (nSPS) is 32.2. The van der Waals surface area contributed by atoms with E-state index in [2.05, 4.69) is 24.1 Å². The third kappa shape index (κ3) is 2.92. The summed E-state index contributed by atoms with van der Waals surface area (Å²) in [5, 5.41) is 3.28. The van der Waals surface area contributed by atoms with Crippen LogP contribution in [0.25, 0.3) is 0 Å². The molecule has 2 aliphatic heterocycles. The largest absolute Gasteiger partial charge is 0.372 e. The lowest BCUT2D eigenvalue weighted by Gasteiger charge is -2.37. The van der Waals surface area contributed by atoms with Crippen LogP contribution in [0.2, 0.25) is 0 Å². The minimum absolute atomic E-state index is 0.367. The van der Waals surface area contributed by atoms with Crippen LogP contribution in [-0.4, -0.2) is 50.3 Å². The van der Waals surface area contributed by atoms with Gasteiger partial charge in [0, 0.05) is 26.2 Å². The van der Waals surface area contributed by atoms with Crippen LogP contribution in [0.5, 0.6) is 0 Å². The fourth-order valence-electron chi connectivity index (χ4n) is 2.97. The SMILES string of the molecule is CNCC(C)(C)CN1CC2CCC(C1)O2. The summed E-state index contributed by atoms with van der Waals surface area (Å²) in [6, 6.07) is 0. The molecule has 15 heavy (non-hydrogen) atoms. The molecule has 0 aromatic rings. The van der Waals surface area contributed by atoms with Gasteiger partial charge in [0.25, 0.3) is 0 Å². The minimum atomic E-state index is 0.367. The third-order valence-electron chi connectivity index (χ3n) is 3.43. The fraction of sp³-hybridized carbons (Fsp3) is 1.00. The Labute approximate surface area is 93.2 Å². The Bertz CT molecular complexity index is 206. The lowest BCUT2D eigenvalue weighted by molar-refractivity contribution is -0.0475. The smallest absolute Gasteiger partial charge is 0.0707 e. The van der Waals surface area contributed by atoms with Crippen molar-refractivity contribution in [2.24, 2.45) is 5.41 Å². The summed E-state index contributed by atoms with van der Waals surface area (Å²) in [6.45, 7) is 9.22. The fourth-order valence-corrected chi connectivity index (χ4v) is 2.97. The van der Waals surface area contributed by atoms with Crippen LogP contribution < -0.4 is 5.32 Å². The molecule has 0 saturated carbocycles. The van der Waals surface area contributed by atoms with E-state index in [-0.39, 0.29) is 0 Å². The van der Waals surface area contributed by atoms with Crippen molar-refractivity contribution < 1.29 is 4.74 Å². The van der Waals surface area contributed by atoms with Gasteiger partial charge in [-0.05, 0) is 25.3 Å². The molecule has 2 heterocycles. The Hall–Kier alpha value is -0.120. The zero-order valence-electron chi connectivity index (χ0n) is 10.3. The monoisotopic (exact) mass is 212 g/mol. The van der Waals surface area contributed by atoms with Gasteiger partial charge in [-0.2, -0.15) is 0 Å². The second kappa shape index (κ2) is 4.40. The summed E-state index contributed by atoms with van der Waals surface area (Å²) in [6.07, 6.45) is 3.59. The molecule has 3 nitrogen and oxygen atoms in total. The highest BCUT2D eigenvalue weighted by molar-refractivity contribution is 4.87. The van der Waals surface area contributed by atoms with Crippen molar-refractivity contribution in [1.82, 2.24) is 10.2 Å². The molecule has 0 aliphatic carbocycles. The molecule has 2 aliphatic rings. The first-order chi connectivity index (χ1) is 7.09. The van der Waals surface area contributed by atoms with E-state index >= 15 is 0 Å². The number of hydrogen-bond donors (Lipinski definition) is 1. The van der Waals surface area contributed by atoms with E-state index < -0.39 is 0 Å². The van der Waals surface area contributed by atoms with E-state index in [1.807, 2.05) is 7.05 Å². The molecule has 0 aromatic carbocycles. The van der Waals surface area contributed by atoms with Crippen LogP contribution in [0.4, 0.5) is 0 Å². The van der Waals surface area contributed by atoms with Gasteiger partial charge in [-0.15, -0.1) is 0 Å². The summed E-state index contributed by atoms with van der Waals surface area (Å²) in [5.74, 6) is 0. The van der Waals surface area contributed by atoms with Gasteiger partial charge in [0.05, 0.1) is 12.2 Å². The highest BCUT2D eigenvalue weighted by Gasteiger charge is 2.35. The molecule has 2 unspecified atom stereocenters. The molecule has 2 bridgehead atoms. The van der Waals surface area contributed by atoms with Gasteiger partial charge < -0.3 is 10.1 Å². The van der Waals surface area contributed by atoms with Gasteiger partial charge in [0.2, 0.25) is 0 Å². The highest BCUT2D eigenvalue weighted by atomic mass is 16.5. The molecule has 3 heteroatoms. The molecule has 2 rings (SSSR count). The molecule has 1 N–H and O–H groups in total. The summed E-state index contributed by atoms with van der Waals surface area (Å²) in [7, 11) is 2.03. The predicted molar refractivity (Wildman–Crippen MR) is 62.0 cm³/mol. The lowest BCUT2D eigenvalue weighted by Crippen LogP contribution is -2.48. The predicted octanol–water partition coefficient (Wildman–Crippen LogP) is 1.10. The Kier molecular flexibility index (Phi) is 3.33. The number of rotatable bonds is 4. The van der Waals surface area contributed by atoms with Crippen molar-refractivity contribution in [2.75, 3.05) is 33.2 Å². The maximum absolute atomic E-state index is 5.84. The van der Waals surface area contributed by atoms with Crippen molar-refractivity contribution in [2.45, 2.75) is 38.9 Å². The second-order valence-corrected chi connectivity index (χ2v) is 5.85. The maximum Gasteiger partial charge on any atom is 0.0707 e. The van der Waals surface area contributed by atoms with Crippen molar-refractivity contribution >= 4 is 0 Å². The first kappa shape index (κ1) is 11.4. The van der Waals surface area contributed by atoms with Crippen molar-refractivity contribution in [3.8, 4) is 0 Å². The number of nitrogens with one attached hydrogen (secondary N) is 1. The summed E-state index contributed by atoms with van der Waals surface area (Å²) in [5.41, 5.74) is 0.367. The molecule has 2 fully saturated rings. The number of morpholine rings is 1. The standard InChI is InChI=1S/C12H24N2O/c1-12(2,8-13-3)9-14-6-10-4-5-11(7-14)15-10/h10-11,13H,4-9H2,1-3H3. The molecule has 0 spiro atoms.